The van der Waals surface area contributed by atoms with Gasteiger partial charge in [0.05, 0.1) is 10.7 Å². The van der Waals surface area contributed by atoms with Gasteiger partial charge in [0.25, 0.3) is 0 Å². The molecule has 1 saturated carbocycles. The van der Waals surface area contributed by atoms with Crippen LogP contribution in [0.2, 0.25) is 5.02 Å². The fourth-order valence-electron chi connectivity index (χ4n) is 2.07. The molecule has 0 spiro atoms. The van der Waals surface area contributed by atoms with Crippen LogP contribution in [0.25, 0.3) is 5.69 Å². The molecule has 1 fully saturated rings. The first-order chi connectivity index (χ1) is 9.56. The zero-order valence-electron chi connectivity index (χ0n) is 10.6. The second-order valence-electron chi connectivity index (χ2n) is 4.97. The van der Waals surface area contributed by atoms with Crippen molar-refractivity contribution in [3.8, 4) is 5.69 Å². The van der Waals surface area contributed by atoms with Crippen LogP contribution < -0.4 is 11.1 Å². The van der Waals surface area contributed by atoms with Gasteiger partial charge in [0.1, 0.15) is 5.82 Å². The molecular weight excluding hydrogens is 283 g/mol. The van der Waals surface area contributed by atoms with Gasteiger partial charge in [-0.05, 0) is 37.0 Å². The van der Waals surface area contributed by atoms with E-state index >= 15 is 0 Å². The Morgan fingerprint density at radius 1 is 1.20 bits per heavy atom. The van der Waals surface area contributed by atoms with Crippen molar-refractivity contribution in [3.63, 3.8) is 0 Å². The Labute approximate surface area is 119 Å². The van der Waals surface area contributed by atoms with Crippen LogP contribution >= 0.6 is 11.6 Å². The zero-order chi connectivity index (χ0) is 14.3. The molecule has 3 rings (SSSR count). The maximum atomic E-state index is 13.1. The summed E-state index contributed by atoms with van der Waals surface area (Å²) < 4.78 is 15.7. The highest BCUT2D eigenvalue weighted by Crippen LogP contribution is 2.29. The van der Waals surface area contributed by atoms with Crippen molar-refractivity contribution in [1.82, 2.24) is 9.13 Å². The molecule has 0 amide bonds. The second kappa shape index (κ2) is 4.90. The summed E-state index contributed by atoms with van der Waals surface area (Å²) in [4.78, 5) is 24.1. The van der Waals surface area contributed by atoms with Gasteiger partial charge >= 0.3 is 11.1 Å². The third-order valence-electron chi connectivity index (χ3n) is 3.39. The lowest BCUT2D eigenvalue weighted by Gasteiger charge is -2.09. The van der Waals surface area contributed by atoms with Crippen LogP contribution in [0.4, 0.5) is 4.39 Å². The van der Waals surface area contributed by atoms with E-state index in [1.165, 1.54) is 33.5 Å². The normalized spacial score (nSPS) is 14.5. The van der Waals surface area contributed by atoms with E-state index in [0.29, 0.717) is 18.2 Å². The van der Waals surface area contributed by atoms with E-state index in [0.717, 1.165) is 12.8 Å². The monoisotopic (exact) mass is 294 g/mol. The van der Waals surface area contributed by atoms with E-state index < -0.39 is 16.9 Å². The molecule has 0 aliphatic heterocycles. The molecule has 0 bridgehead atoms. The molecule has 1 heterocycles. The van der Waals surface area contributed by atoms with E-state index in [-0.39, 0.29) is 5.02 Å². The van der Waals surface area contributed by atoms with E-state index in [1.54, 1.807) is 6.20 Å². The van der Waals surface area contributed by atoms with E-state index in [1.807, 2.05) is 0 Å². The first-order valence-electron chi connectivity index (χ1n) is 6.34. The van der Waals surface area contributed by atoms with Crippen molar-refractivity contribution in [2.45, 2.75) is 19.4 Å². The summed E-state index contributed by atoms with van der Waals surface area (Å²) in [6.07, 6.45) is 5.29. The van der Waals surface area contributed by atoms with Crippen molar-refractivity contribution in [3.05, 3.63) is 62.1 Å². The number of halogens is 2. The van der Waals surface area contributed by atoms with Crippen LogP contribution in [-0.2, 0) is 6.54 Å². The number of aromatic nitrogens is 2. The number of nitrogens with zero attached hydrogens (tertiary/aromatic N) is 2. The summed E-state index contributed by atoms with van der Waals surface area (Å²) >= 11 is 5.69. The van der Waals surface area contributed by atoms with Gasteiger partial charge in [0, 0.05) is 18.9 Å². The highest BCUT2D eigenvalue weighted by Gasteiger charge is 2.22. The summed E-state index contributed by atoms with van der Waals surface area (Å²) in [6.45, 7) is 0.582. The van der Waals surface area contributed by atoms with E-state index in [9.17, 15) is 14.0 Å². The van der Waals surface area contributed by atoms with Gasteiger partial charge in [0.2, 0.25) is 0 Å². The van der Waals surface area contributed by atoms with Crippen LogP contribution in [0.3, 0.4) is 0 Å². The van der Waals surface area contributed by atoms with Crippen molar-refractivity contribution in [1.29, 1.82) is 0 Å². The van der Waals surface area contributed by atoms with E-state index in [4.69, 9.17) is 11.6 Å². The Bertz CT molecular complexity index is 777. The van der Waals surface area contributed by atoms with Crippen LogP contribution in [0.1, 0.15) is 12.8 Å². The van der Waals surface area contributed by atoms with Gasteiger partial charge in [-0.25, -0.2) is 4.39 Å². The maximum Gasteiger partial charge on any atom is 0.320 e. The average molecular weight is 295 g/mol. The summed E-state index contributed by atoms with van der Waals surface area (Å²) in [5.41, 5.74) is -0.854. The quantitative estimate of drug-likeness (QED) is 0.815. The predicted molar refractivity (Wildman–Crippen MR) is 74.0 cm³/mol. The first kappa shape index (κ1) is 13.1. The Morgan fingerprint density at radius 3 is 2.60 bits per heavy atom. The molecule has 2 aromatic rings. The lowest BCUT2D eigenvalue weighted by Crippen LogP contribution is -2.40. The summed E-state index contributed by atoms with van der Waals surface area (Å²) in [6, 6.07) is 3.90. The molecule has 0 N–H and O–H groups in total. The second-order valence-corrected chi connectivity index (χ2v) is 5.38. The Balaban J connectivity index is 2.05. The van der Waals surface area contributed by atoms with Crippen molar-refractivity contribution in [2.75, 3.05) is 0 Å². The fraction of sp³-hybridized carbons (Fsp3) is 0.286. The minimum absolute atomic E-state index is 0.0865. The summed E-state index contributed by atoms with van der Waals surface area (Å²) in [5.74, 6) is -0.0613. The third kappa shape index (κ3) is 2.41. The minimum atomic E-state index is -0.657. The van der Waals surface area contributed by atoms with Crippen molar-refractivity contribution in [2.24, 2.45) is 5.92 Å². The van der Waals surface area contributed by atoms with Crippen LogP contribution in [0.5, 0.6) is 0 Å². The predicted octanol–water partition coefficient (Wildman–Crippen LogP) is 2.20. The molecular formula is C14H12ClFN2O2. The number of benzene rings is 1. The standard InChI is InChI=1S/C14H12ClFN2O2/c15-11-7-10(3-4-12(11)16)18-6-5-17(8-9-1-2-9)13(19)14(18)20/h3-7,9H,1-2,8H2. The topological polar surface area (TPSA) is 44.0 Å². The summed E-state index contributed by atoms with van der Waals surface area (Å²) in [5, 5.41) is -0.0865. The third-order valence-corrected chi connectivity index (χ3v) is 3.68. The van der Waals surface area contributed by atoms with Gasteiger partial charge in [-0.15, -0.1) is 0 Å². The molecule has 1 aliphatic rings. The molecule has 20 heavy (non-hydrogen) atoms. The Hall–Kier alpha value is -1.88. The van der Waals surface area contributed by atoms with Gasteiger partial charge in [-0.1, -0.05) is 11.6 Å². The molecule has 4 nitrogen and oxygen atoms in total. The Kier molecular flexibility index (Phi) is 3.22. The van der Waals surface area contributed by atoms with Gasteiger partial charge in [0.15, 0.2) is 0 Å². The molecule has 1 aliphatic carbocycles. The van der Waals surface area contributed by atoms with E-state index in [2.05, 4.69) is 0 Å². The highest BCUT2D eigenvalue weighted by atomic mass is 35.5. The lowest BCUT2D eigenvalue weighted by atomic mass is 10.3. The van der Waals surface area contributed by atoms with Crippen molar-refractivity contribution < 1.29 is 4.39 Å². The molecule has 1 aromatic carbocycles. The van der Waals surface area contributed by atoms with Crippen molar-refractivity contribution >= 4 is 11.6 Å². The minimum Gasteiger partial charge on any atom is -0.309 e. The average Bonchev–Trinajstić information content (AvgIpc) is 3.23. The smallest absolute Gasteiger partial charge is 0.309 e. The highest BCUT2D eigenvalue weighted by molar-refractivity contribution is 6.30. The molecule has 104 valence electrons. The number of hydrogen-bond donors (Lipinski definition) is 0. The molecule has 0 saturated heterocycles. The largest absolute Gasteiger partial charge is 0.320 e. The lowest BCUT2D eigenvalue weighted by molar-refractivity contribution is 0.591. The molecule has 6 heteroatoms. The van der Waals surface area contributed by atoms with Gasteiger partial charge in [-0.3, -0.25) is 14.2 Å². The first-order valence-corrected chi connectivity index (χ1v) is 6.71. The van der Waals surface area contributed by atoms with Crippen LogP contribution in [0.15, 0.2) is 40.2 Å². The number of rotatable bonds is 3. The molecule has 0 radical (unpaired) electrons. The van der Waals surface area contributed by atoms with Crippen LogP contribution in [-0.4, -0.2) is 9.13 Å². The summed E-state index contributed by atoms with van der Waals surface area (Å²) in [7, 11) is 0. The van der Waals surface area contributed by atoms with Gasteiger partial charge in [-0.2, -0.15) is 0 Å². The fourth-order valence-corrected chi connectivity index (χ4v) is 2.24. The Morgan fingerprint density at radius 2 is 1.95 bits per heavy atom. The van der Waals surface area contributed by atoms with Crippen LogP contribution in [0, 0.1) is 11.7 Å². The maximum absolute atomic E-state index is 13.1. The number of hydrogen-bond acceptors (Lipinski definition) is 2. The molecule has 0 atom stereocenters. The van der Waals surface area contributed by atoms with Gasteiger partial charge < -0.3 is 4.57 Å². The molecule has 1 aromatic heterocycles. The molecule has 0 unspecified atom stereocenters. The SMILES string of the molecule is O=c1c(=O)n(-c2ccc(F)c(Cl)c2)ccn1CC1CC1. The zero-order valence-corrected chi connectivity index (χ0v) is 11.3.